The molecule has 3 atom stereocenters. The van der Waals surface area contributed by atoms with E-state index in [0.29, 0.717) is 22.9 Å². The Labute approximate surface area is 167 Å². The van der Waals surface area contributed by atoms with Crippen LogP contribution < -0.4 is 4.74 Å². The standard InChI is InChI=1S/C23H17ClN2O2/c24-17-12-10-15(11-13-17)19-14-25-26-23(19)21(27)18-8-4-5-9-20(18)28-22(23)16-6-2-1-3-7-16/h1-13,19,22H,14H2/t19-,22-,23+/m1/s1. The second kappa shape index (κ2) is 6.57. The second-order valence-electron chi connectivity index (χ2n) is 7.09. The van der Waals surface area contributed by atoms with Gasteiger partial charge in [0.05, 0.1) is 12.1 Å². The van der Waals surface area contributed by atoms with E-state index in [2.05, 4.69) is 10.2 Å². The van der Waals surface area contributed by atoms with Crippen LogP contribution in [0.3, 0.4) is 0 Å². The summed E-state index contributed by atoms with van der Waals surface area (Å²) < 4.78 is 6.40. The highest BCUT2D eigenvalue weighted by atomic mass is 35.5. The lowest BCUT2D eigenvalue weighted by molar-refractivity contribution is 0.0521. The van der Waals surface area contributed by atoms with E-state index in [0.717, 1.165) is 11.1 Å². The van der Waals surface area contributed by atoms with E-state index in [9.17, 15) is 4.79 Å². The molecule has 0 N–H and O–H groups in total. The first-order valence-corrected chi connectivity index (χ1v) is 9.57. The Morgan fingerprint density at radius 3 is 2.39 bits per heavy atom. The maximum Gasteiger partial charge on any atom is 0.200 e. The van der Waals surface area contributed by atoms with Crippen LogP contribution in [0.2, 0.25) is 5.02 Å². The van der Waals surface area contributed by atoms with Gasteiger partial charge in [0, 0.05) is 10.9 Å². The number of azo groups is 1. The van der Waals surface area contributed by atoms with E-state index in [1.54, 1.807) is 6.07 Å². The Bertz CT molecular complexity index is 1070. The Kier molecular flexibility index (Phi) is 4.02. The van der Waals surface area contributed by atoms with Crippen molar-refractivity contribution in [2.45, 2.75) is 17.6 Å². The summed E-state index contributed by atoms with van der Waals surface area (Å²) in [4.78, 5) is 13.8. The molecule has 2 heterocycles. The van der Waals surface area contributed by atoms with Crippen LogP contribution in [0.15, 0.2) is 89.1 Å². The lowest BCUT2D eigenvalue weighted by Crippen LogP contribution is -2.51. The van der Waals surface area contributed by atoms with Crippen molar-refractivity contribution in [1.82, 2.24) is 0 Å². The Balaban J connectivity index is 1.72. The van der Waals surface area contributed by atoms with Crippen molar-refractivity contribution >= 4 is 17.4 Å². The molecule has 0 aromatic heterocycles. The van der Waals surface area contributed by atoms with Crippen molar-refractivity contribution < 1.29 is 9.53 Å². The maximum atomic E-state index is 13.8. The first-order valence-electron chi connectivity index (χ1n) is 9.20. The number of hydrogen-bond donors (Lipinski definition) is 0. The number of carbonyl (C=O) groups excluding carboxylic acids is 1. The Morgan fingerprint density at radius 2 is 1.61 bits per heavy atom. The Morgan fingerprint density at radius 1 is 0.893 bits per heavy atom. The minimum absolute atomic E-state index is 0.0515. The van der Waals surface area contributed by atoms with Crippen LogP contribution in [0.1, 0.15) is 33.5 Å². The van der Waals surface area contributed by atoms with Gasteiger partial charge >= 0.3 is 0 Å². The van der Waals surface area contributed by atoms with Gasteiger partial charge in [-0.2, -0.15) is 10.2 Å². The first-order chi connectivity index (χ1) is 13.7. The molecule has 0 amide bonds. The molecule has 3 aromatic carbocycles. The molecular formula is C23H17ClN2O2. The van der Waals surface area contributed by atoms with E-state index in [1.165, 1.54) is 0 Å². The molecule has 5 rings (SSSR count). The van der Waals surface area contributed by atoms with Gasteiger partial charge in [0.1, 0.15) is 5.75 Å². The van der Waals surface area contributed by atoms with Crippen LogP contribution in [0, 0.1) is 0 Å². The summed E-state index contributed by atoms with van der Waals surface area (Å²) in [6, 6.07) is 24.7. The average molecular weight is 389 g/mol. The van der Waals surface area contributed by atoms with Crippen LogP contribution in [-0.2, 0) is 0 Å². The predicted molar refractivity (Wildman–Crippen MR) is 107 cm³/mol. The summed E-state index contributed by atoms with van der Waals surface area (Å²) in [5.74, 6) is 0.309. The fourth-order valence-corrected chi connectivity index (χ4v) is 4.33. The molecule has 0 aliphatic carbocycles. The number of halogens is 1. The molecule has 0 unspecified atom stereocenters. The molecule has 0 saturated carbocycles. The SMILES string of the molecule is O=C1c2ccccc2O[C@H](c2ccccc2)[C@@]12N=NC[C@@H]2c1ccc(Cl)cc1. The summed E-state index contributed by atoms with van der Waals surface area (Å²) in [5, 5.41) is 9.55. The highest BCUT2D eigenvalue weighted by molar-refractivity contribution is 6.30. The molecule has 0 saturated heterocycles. The molecular weight excluding hydrogens is 372 g/mol. The van der Waals surface area contributed by atoms with E-state index < -0.39 is 11.6 Å². The zero-order valence-corrected chi connectivity index (χ0v) is 15.7. The molecule has 0 radical (unpaired) electrons. The third-order valence-electron chi connectivity index (χ3n) is 5.55. The molecule has 0 fully saturated rings. The molecule has 2 aliphatic heterocycles. The van der Waals surface area contributed by atoms with Gasteiger partial charge in [-0.15, -0.1) is 0 Å². The molecule has 5 heteroatoms. The van der Waals surface area contributed by atoms with Crippen molar-refractivity contribution in [2.24, 2.45) is 10.2 Å². The number of carbonyl (C=O) groups is 1. The van der Waals surface area contributed by atoms with Gasteiger partial charge in [-0.1, -0.05) is 66.2 Å². The normalized spacial score (nSPS) is 25.5. The number of ketones is 1. The zero-order valence-electron chi connectivity index (χ0n) is 15.0. The largest absolute Gasteiger partial charge is 0.482 e. The lowest BCUT2D eigenvalue weighted by atomic mass is 9.69. The first kappa shape index (κ1) is 17.1. The third kappa shape index (κ3) is 2.49. The average Bonchev–Trinajstić information content (AvgIpc) is 3.17. The Hall–Kier alpha value is -2.98. The predicted octanol–water partition coefficient (Wildman–Crippen LogP) is 5.64. The zero-order chi connectivity index (χ0) is 19.1. The van der Waals surface area contributed by atoms with Crippen LogP contribution in [0.5, 0.6) is 5.75 Å². The minimum Gasteiger partial charge on any atom is -0.482 e. The van der Waals surface area contributed by atoms with Crippen molar-refractivity contribution in [3.05, 3.63) is 101 Å². The van der Waals surface area contributed by atoms with Gasteiger partial charge in [-0.25, -0.2) is 0 Å². The van der Waals surface area contributed by atoms with Crippen LogP contribution in [0.25, 0.3) is 0 Å². The van der Waals surface area contributed by atoms with Crippen molar-refractivity contribution in [2.75, 3.05) is 6.54 Å². The van der Waals surface area contributed by atoms with Gasteiger partial charge in [0.15, 0.2) is 11.6 Å². The van der Waals surface area contributed by atoms with Gasteiger partial charge in [-0.3, -0.25) is 4.79 Å². The lowest BCUT2D eigenvalue weighted by Gasteiger charge is -2.41. The fourth-order valence-electron chi connectivity index (χ4n) is 4.20. The summed E-state index contributed by atoms with van der Waals surface area (Å²) in [5.41, 5.74) is 1.30. The van der Waals surface area contributed by atoms with Gasteiger partial charge in [0.2, 0.25) is 5.78 Å². The highest BCUT2D eigenvalue weighted by Crippen LogP contribution is 2.52. The number of Topliss-reactive ketones (excluding diaryl/α,β-unsaturated/α-hetero) is 1. The van der Waals surface area contributed by atoms with Gasteiger partial charge in [0.25, 0.3) is 0 Å². The fraction of sp³-hybridized carbons (Fsp3) is 0.174. The molecule has 2 aliphatic rings. The molecule has 0 bridgehead atoms. The number of benzene rings is 3. The second-order valence-corrected chi connectivity index (χ2v) is 7.52. The van der Waals surface area contributed by atoms with E-state index in [4.69, 9.17) is 16.3 Å². The van der Waals surface area contributed by atoms with Crippen molar-refractivity contribution in [3.8, 4) is 5.75 Å². The maximum absolute atomic E-state index is 13.8. The topological polar surface area (TPSA) is 51.0 Å². The van der Waals surface area contributed by atoms with Gasteiger partial charge < -0.3 is 4.74 Å². The number of ether oxygens (including phenoxy) is 1. The number of nitrogens with zero attached hydrogens (tertiary/aromatic N) is 2. The summed E-state index contributed by atoms with van der Waals surface area (Å²) in [6.07, 6.45) is -0.553. The summed E-state index contributed by atoms with van der Waals surface area (Å²) in [7, 11) is 0. The third-order valence-corrected chi connectivity index (χ3v) is 5.80. The summed E-state index contributed by atoms with van der Waals surface area (Å²) in [6.45, 7) is 0.433. The van der Waals surface area contributed by atoms with Crippen LogP contribution in [0.4, 0.5) is 0 Å². The minimum atomic E-state index is -1.14. The quantitative estimate of drug-likeness (QED) is 0.570. The van der Waals surface area contributed by atoms with Crippen LogP contribution in [-0.4, -0.2) is 17.9 Å². The monoisotopic (exact) mass is 388 g/mol. The van der Waals surface area contributed by atoms with Crippen molar-refractivity contribution in [1.29, 1.82) is 0 Å². The smallest absolute Gasteiger partial charge is 0.200 e. The van der Waals surface area contributed by atoms with E-state index in [1.807, 2.05) is 72.8 Å². The number of para-hydroxylation sites is 1. The van der Waals surface area contributed by atoms with E-state index >= 15 is 0 Å². The van der Waals surface area contributed by atoms with Gasteiger partial charge in [-0.05, 0) is 35.4 Å². The van der Waals surface area contributed by atoms with E-state index in [-0.39, 0.29) is 11.7 Å². The molecule has 3 aromatic rings. The number of rotatable bonds is 2. The molecule has 4 nitrogen and oxygen atoms in total. The van der Waals surface area contributed by atoms with Crippen molar-refractivity contribution in [3.63, 3.8) is 0 Å². The molecule has 28 heavy (non-hydrogen) atoms. The highest BCUT2D eigenvalue weighted by Gasteiger charge is 2.60. The number of fused-ring (bicyclic) bond motifs is 1. The molecule has 1 spiro atoms. The number of hydrogen-bond acceptors (Lipinski definition) is 4. The summed E-state index contributed by atoms with van der Waals surface area (Å²) >= 11 is 6.08. The molecule has 138 valence electrons. The van der Waals surface area contributed by atoms with Crippen LogP contribution >= 0.6 is 11.6 Å².